The minimum Gasteiger partial charge on any atom is -0.495 e. The van der Waals surface area contributed by atoms with Gasteiger partial charge in [0.15, 0.2) is 0 Å². The minimum atomic E-state index is 0.619. The average Bonchev–Trinajstić information content (AvgIpc) is 2.55. The van der Waals surface area contributed by atoms with Crippen LogP contribution in [0.1, 0.15) is 5.69 Å². The van der Waals surface area contributed by atoms with Crippen molar-refractivity contribution in [1.29, 1.82) is 0 Å². The summed E-state index contributed by atoms with van der Waals surface area (Å²) in [7, 11) is 1.62. The number of hydrogen-bond acceptors (Lipinski definition) is 2. The van der Waals surface area contributed by atoms with E-state index in [1.165, 1.54) is 5.69 Å². The molecule has 3 nitrogen and oxygen atoms in total. The van der Waals surface area contributed by atoms with Crippen LogP contribution in [0.3, 0.4) is 0 Å². The van der Waals surface area contributed by atoms with E-state index >= 15 is 0 Å². The number of benzene rings is 1. The number of nitrogens with zero attached hydrogens (tertiary/aromatic N) is 1. The molecule has 0 bridgehead atoms. The highest BCUT2D eigenvalue weighted by atomic mass is 35.5. The van der Waals surface area contributed by atoms with Gasteiger partial charge < -0.3 is 15.0 Å². The predicted molar refractivity (Wildman–Crippen MR) is 67.3 cm³/mol. The fraction of sp³-hybridized carbons (Fsp3) is 0.333. The van der Waals surface area contributed by atoms with Crippen molar-refractivity contribution in [2.45, 2.75) is 13.5 Å². The van der Waals surface area contributed by atoms with Gasteiger partial charge >= 0.3 is 0 Å². The van der Waals surface area contributed by atoms with Gasteiger partial charge in [0, 0.05) is 24.2 Å². The van der Waals surface area contributed by atoms with Crippen LogP contribution in [-0.4, -0.2) is 18.2 Å². The zero-order valence-corrected chi connectivity index (χ0v) is 10.2. The van der Waals surface area contributed by atoms with Crippen molar-refractivity contribution >= 4 is 22.5 Å². The lowest BCUT2D eigenvalue weighted by molar-refractivity contribution is 0.415. The van der Waals surface area contributed by atoms with Crippen LogP contribution in [0, 0.1) is 6.92 Å². The van der Waals surface area contributed by atoms with Crippen LogP contribution in [0.2, 0.25) is 5.02 Å². The van der Waals surface area contributed by atoms with Crippen molar-refractivity contribution in [2.24, 2.45) is 5.73 Å². The Morgan fingerprint density at radius 3 is 2.75 bits per heavy atom. The van der Waals surface area contributed by atoms with Crippen LogP contribution in [0.4, 0.5) is 0 Å². The van der Waals surface area contributed by atoms with Gasteiger partial charge in [-0.05, 0) is 25.1 Å². The molecule has 16 heavy (non-hydrogen) atoms. The van der Waals surface area contributed by atoms with Crippen molar-refractivity contribution in [3.05, 3.63) is 28.9 Å². The number of halogens is 1. The third-order valence-electron chi connectivity index (χ3n) is 2.73. The van der Waals surface area contributed by atoms with Gasteiger partial charge in [-0.2, -0.15) is 0 Å². The molecule has 0 aliphatic rings. The van der Waals surface area contributed by atoms with Crippen LogP contribution in [0.15, 0.2) is 18.2 Å². The molecule has 0 aliphatic heterocycles. The van der Waals surface area contributed by atoms with Crippen molar-refractivity contribution in [2.75, 3.05) is 13.7 Å². The Bertz CT molecular complexity index is 519. The first-order valence-electron chi connectivity index (χ1n) is 5.21. The van der Waals surface area contributed by atoms with E-state index in [0.717, 1.165) is 17.4 Å². The highest BCUT2D eigenvalue weighted by Gasteiger charge is 2.09. The number of fused-ring (bicyclic) bond motifs is 1. The van der Waals surface area contributed by atoms with Gasteiger partial charge in [0.1, 0.15) is 5.75 Å². The van der Waals surface area contributed by atoms with E-state index in [9.17, 15) is 0 Å². The third-order valence-corrected chi connectivity index (χ3v) is 3.03. The van der Waals surface area contributed by atoms with Gasteiger partial charge in [0.05, 0.1) is 17.6 Å². The molecule has 0 amide bonds. The molecule has 4 heteroatoms. The number of rotatable bonds is 3. The number of aryl methyl sites for hydroxylation is 1. The van der Waals surface area contributed by atoms with E-state index in [-0.39, 0.29) is 0 Å². The molecule has 2 aromatic rings. The quantitative estimate of drug-likeness (QED) is 0.893. The zero-order valence-electron chi connectivity index (χ0n) is 9.46. The van der Waals surface area contributed by atoms with Gasteiger partial charge in [-0.1, -0.05) is 11.6 Å². The predicted octanol–water partition coefficient (Wildman–Crippen LogP) is 2.57. The third kappa shape index (κ3) is 1.77. The fourth-order valence-electron chi connectivity index (χ4n) is 1.98. The molecule has 0 unspecified atom stereocenters. The second kappa shape index (κ2) is 4.36. The Morgan fingerprint density at radius 1 is 1.38 bits per heavy atom. The SMILES string of the molecule is COc1cc2cc(C)n(CCN)c2cc1Cl. The molecule has 2 N–H and O–H groups in total. The lowest BCUT2D eigenvalue weighted by Gasteiger charge is -2.07. The molecule has 0 saturated carbocycles. The fourth-order valence-corrected chi connectivity index (χ4v) is 2.22. The number of hydrogen-bond donors (Lipinski definition) is 1. The standard InChI is InChI=1S/C12H15ClN2O/c1-8-5-9-6-12(16-2)10(13)7-11(9)15(8)4-3-14/h5-7H,3-4,14H2,1-2H3. The van der Waals surface area contributed by atoms with Crippen LogP contribution in [-0.2, 0) is 6.54 Å². The van der Waals surface area contributed by atoms with E-state index in [2.05, 4.69) is 17.6 Å². The van der Waals surface area contributed by atoms with Gasteiger partial charge in [-0.15, -0.1) is 0 Å². The van der Waals surface area contributed by atoms with Crippen LogP contribution in [0.5, 0.6) is 5.75 Å². The van der Waals surface area contributed by atoms with Gasteiger partial charge in [0.25, 0.3) is 0 Å². The normalized spacial score (nSPS) is 11.0. The van der Waals surface area contributed by atoms with Crippen LogP contribution in [0.25, 0.3) is 10.9 Å². The Hall–Kier alpha value is -1.19. The summed E-state index contributed by atoms with van der Waals surface area (Å²) in [4.78, 5) is 0. The summed E-state index contributed by atoms with van der Waals surface area (Å²) in [6.07, 6.45) is 0. The first kappa shape index (κ1) is 11.3. The second-order valence-electron chi connectivity index (χ2n) is 3.77. The largest absolute Gasteiger partial charge is 0.495 e. The first-order valence-corrected chi connectivity index (χ1v) is 5.58. The molecule has 0 atom stereocenters. The van der Waals surface area contributed by atoms with Crippen molar-refractivity contribution in [3.63, 3.8) is 0 Å². The monoisotopic (exact) mass is 238 g/mol. The maximum absolute atomic E-state index is 6.12. The molecule has 1 aromatic heterocycles. The minimum absolute atomic E-state index is 0.619. The summed E-state index contributed by atoms with van der Waals surface area (Å²) in [6.45, 7) is 3.49. The van der Waals surface area contributed by atoms with Gasteiger partial charge in [0.2, 0.25) is 0 Å². The summed E-state index contributed by atoms with van der Waals surface area (Å²) in [5, 5.41) is 1.76. The van der Waals surface area contributed by atoms with Gasteiger partial charge in [-0.3, -0.25) is 0 Å². The topological polar surface area (TPSA) is 40.2 Å². The maximum atomic E-state index is 6.12. The lowest BCUT2D eigenvalue weighted by Crippen LogP contribution is -2.10. The van der Waals surface area contributed by atoms with E-state index in [4.69, 9.17) is 22.1 Å². The molecule has 0 fully saturated rings. The molecule has 0 aliphatic carbocycles. The highest BCUT2D eigenvalue weighted by Crippen LogP contribution is 2.31. The molecule has 2 rings (SSSR count). The first-order chi connectivity index (χ1) is 7.67. The van der Waals surface area contributed by atoms with E-state index in [1.54, 1.807) is 7.11 Å². The Balaban J connectivity index is 2.66. The van der Waals surface area contributed by atoms with E-state index < -0.39 is 0 Å². The molecule has 86 valence electrons. The molecule has 0 radical (unpaired) electrons. The van der Waals surface area contributed by atoms with Crippen molar-refractivity contribution < 1.29 is 4.74 Å². The van der Waals surface area contributed by atoms with Crippen molar-refractivity contribution in [1.82, 2.24) is 4.57 Å². The lowest BCUT2D eigenvalue weighted by atomic mass is 10.2. The van der Waals surface area contributed by atoms with E-state index in [1.807, 2.05) is 12.1 Å². The summed E-state index contributed by atoms with van der Waals surface area (Å²) >= 11 is 6.12. The van der Waals surface area contributed by atoms with Gasteiger partial charge in [-0.25, -0.2) is 0 Å². The Kier molecular flexibility index (Phi) is 3.08. The Labute approximate surface area is 99.7 Å². The second-order valence-corrected chi connectivity index (χ2v) is 4.18. The smallest absolute Gasteiger partial charge is 0.138 e. The van der Waals surface area contributed by atoms with Crippen molar-refractivity contribution in [3.8, 4) is 5.75 Å². The summed E-state index contributed by atoms with van der Waals surface area (Å²) in [5.41, 5.74) is 7.89. The maximum Gasteiger partial charge on any atom is 0.138 e. The molecule has 1 heterocycles. The number of aromatic nitrogens is 1. The summed E-state index contributed by atoms with van der Waals surface area (Å²) < 4.78 is 7.36. The average molecular weight is 239 g/mol. The van der Waals surface area contributed by atoms with E-state index in [0.29, 0.717) is 17.3 Å². The summed E-state index contributed by atoms with van der Waals surface area (Å²) in [5.74, 6) is 0.707. The highest BCUT2D eigenvalue weighted by molar-refractivity contribution is 6.32. The number of methoxy groups -OCH3 is 1. The zero-order chi connectivity index (χ0) is 11.7. The summed E-state index contributed by atoms with van der Waals surface area (Å²) in [6, 6.07) is 6.00. The number of ether oxygens (including phenoxy) is 1. The Morgan fingerprint density at radius 2 is 2.12 bits per heavy atom. The molecule has 0 spiro atoms. The van der Waals surface area contributed by atoms with Crippen LogP contribution >= 0.6 is 11.6 Å². The molecule has 0 saturated heterocycles. The molecular weight excluding hydrogens is 224 g/mol. The number of nitrogens with two attached hydrogens (primary N) is 1. The van der Waals surface area contributed by atoms with Crippen LogP contribution < -0.4 is 10.5 Å². The molecule has 1 aromatic carbocycles. The molecular formula is C12H15ClN2O.